The lowest BCUT2D eigenvalue weighted by Crippen LogP contribution is -1.85. The number of rotatable bonds is 3. The molecule has 0 bridgehead atoms. The van der Waals surface area contributed by atoms with Gasteiger partial charge in [-0.05, 0) is 30.3 Å². The first kappa shape index (κ1) is 13.4. The Morgan fingerprint density at radius 3 is 2.26 bits per heavy atom. The summed E-state index contributed by atoms with van der Waals surface area (Å²) < 4.78 is 0. The first-order valence-corrected chi connectivity index (χ1v) is 7.38. The van der Waals surface area contributed by atoms with Crippen molar-refractivity contribution in [3.05, 3.63) is 79.3 Å². The van der Waals surface area contributed by atoms with E-state index in [1.165, 1.54) is 0 Å². The lowest BCUT2D eigenvalue weighted by Gasteiger charge is -2.02. The lowest BCUT2D eigenvalue weighted by molar-refractivity contribution is 1.10. The Balaban J connectivity index is 1.71. The molecule has 0 saturated heterocycles. The van der Waals surface area contributed by atoms with Gasteiger partial charge < -0.3 is 0 Å². The number of nitrogens with one attached hydrogen (secondary N) is 1. The Morgan fingerprint density at radius 2 is 1.43 bits per heavy atom. The van der Waals surface area contributed by atoms with Crippen LogP contribution in [0.25, 0.3) is 33.8 Å². The zero-order valence-electron chi connectivity index (χ0n) is 12.3. The minimum Gasteiger partial charge on any atom is -0.277 e. The number of nitrogens with zero attached hydrogens (tertiary/aromatic N) is 3. The van der Waals surface area contributed by atoms with Crippen LogP contribution in [0.3, 0.4) is 0 Å². The quantitative estimate of drug-likeness (QED) is 0.616. The third kappa shape index (κ3) is 2.74. The minimum absolute atomic E-state index is 0.899. The molecule has 0 atom stereocenters. The molecule has 0 fully saturated rings. The van der Waals surface area contributed by atoms with Crippen LogP contribution in [-0.2, 0) is 0 Å². The van der Waals surface area contributed by atoms with Gasteiger partial charge in [-0.3, -0.25) is 15.1 Å². The van der Waals surface area contributed by atoms with Gasteiger partial charge in [-0.2, -0.15) is 5.10 Å². The normalized spacial score (nSPS) is 10.6. The van der Waals surface area contributed by atoms with E-state index in [2.05, 4.69) is 38.4 Å². The summed E-state index contributed by atoms with van der Waals surface area (Å²) in [6.07, 6.45) is 5.37. The van der Waals surface area contributed by atoms with Crippen LogP contribution < -0.4 is 0 Å². The van der Waals surface area contributed by atoms with Crippen LogP contribution in [0.15, 0.2) is 79.3 Å². The maximum absolute atomic E-state index is 4.45. The summed E-state index contributed by atoms with van der Waals surface area (Å²) in [5, 5.41) is 7.51. The highest BCUT2D eigenvalue weighted by atomic mass is 15.1. The molecular formula is C19H14N4. The summed E-state index contributed by atoms with van der Waals surface area (Å²) in [6, 6.07) is 20.1. The van der Waals surface area contributed by atoms with E-state index in [1.807, 2.05) is 48.7 Å². The monoisotopic (exact) mass is 298 g/mol. The number of pyridine rings is 2. The number of H-pyrrole nitrogens is 1. The van der Waals surface area contributed by atoms with E-state index in [4.69, 9.17) is 0 Å². The molecule has 3 heterocycles. The van der Waals surface area contributed by atoms with E-state index < -0.39 is 0 Å². The molecule has 0 radical (unpaired) electrons. The third-order valence-corrected chi connectivity index (χ3v) is 3.69. The van der Waals surface area contributed by atoms with Crippen LogP contribution in [0.1, 0.15) is 0 Å². The average Bonchev–Trinajstić information content (AvgIpc) is 3.14. The molecule has 4 rings (SSSR count). The molecule has 0 unspecified atom stereocenters. The van der Waals surface area contributed by atoms with Crippen molar-refractivity contribution in [2.75, 3.05) is 0 Å². The molecule has 0 aliphatic carbocycles. The molecule has 4 nitrogen and oxygen atoms in total. The summed E-state index contributed by atoms with van der Waals surface area (Å²) in [4.78, 5) is 8.49. The fourth-order valence-electron chi connectivity index (χ4n) is 2.51. The van der Waals surface area contributed by atoms with E-state index in [9.17, 15) is 0 Å². The first-order chi connectivity index (χ1) is 11.4. The van der Waals surface area contributed by atoms with Crippen molar-refractivity contribution in [1.29, 1.82) is 0 Å². The molecule has 110 valence electrons. The topological polar surface area (TPSA) is 54.5 Å². The maximum Gasteiger partial charge on any atom is 0.0928 e. The van der Waals surface area contributed by atoms with E-state index >= 15 is 0 Å². The Bertz CT molecular complexity index is 914. The molecule has 4 heteroatoms. The smallest absolute Gasteiger partial charge is 0.0928 e. The number of aromatic amines is 1. The molecular weight excluding hydrogens is 284 g/mol. The lowest BCUT2D eigenvalue weighted by atomic mass is 10.1. The summed E-state index contributed by atoms with van der Waals surface area (Å²) in [7, 11) is 0. The predicted octanol–water partition coefficient (Wildman–Crippen LogP) is 4.20. The van der Waals surface area contributed by atoms with Crippen molar-refractivity contribution in [1.82, 2.24) is 20.2 Å². The van der Waals surface area contributed by atoms with Crippen LogP contribution in [0.4, 0.5) is 0 Å². The van der Waals surface area contributed by atoms with Gasteiger partial charge in [-0.15, -0.1) is 0 Å². The van der Waals surface area contributed by atoms with Crippen molar-refractivity contribution in [2.24, 2.45) is 0 Å². The summed E-state index contributed by atoms with van der Waals surface area (Å²) in [6.45, 7) is 0. The van der Waals surface area contributed by atoms with Crippen LogP contribution in [0.2, 0.25) is 0 Å². The maximum atomic E-state index is 4.45. The van der Waals surface area contributed by atoms with Gasteiger partial charge in [-0.25, -0.2) is 0 Å². The minimum atomic E-state index is 0.899. The van der Waals surface area contributed by atoms with E-state index in [0.717, 1.165) is 33.8 Å². The van der Waals surface area contributed by atoms with Gasteiger partial charge in [0.15, 0.2) is 0 Å². The van der Waals surface area contributed by atoms with Crippen LogP contribution in [0.5, 0.6) is 0 Å². The molecule has 4 aromatic rings. The van der Waals surface area contributed by atoms with Gasteiger partial charge in [0, 0.05) is 35.3 Å². The molecule has 0 spiro atoms. The second-order valence-corrected chi connectivity index (χ2v) is 5.20. The van der Waals surface area contributed by atoms with Gasteiger partial charge in [0.1, 0.15) is 0 Å². The molecule has 23 heavy (non-hydrogen) atoms. The molecule has 0 saturated carbocycles. The third-order valence-electron chi connectivity index (χ3n) is 3.69. The van der Waals surface area contributed by atoms with E-state index in [0.29, 0.717) is 0 Å². The van der Waals surface area contributed by atoms with Crippen LogP contribution >= 0.6 is 0 Å². The summed E-state index contributed by atoms with van der Waals surface area (Å²) in [5.74, 6) is 0. The van der Waals surface area contributed by atoms with Gasteiger partial charge in [-0.1, -0.05) is 30.3 Å². The first-order valence-electron chi connectivity index (χ1n) is 7.38. The van der Waals surface area contributed by atoms with Crippen molar-refractivity contribution >= 4 is 0 Å². The number of benzene rings is 1. The molecule has 1 aromatic carbocycles. The highest BCUT2D eigenvalue weighted by Gasteiger charge is 2.07. The molecule has 0 amide bonds. The second-order valence-electron chi connectivity index (χ2n) is 5.20. The van der Waals surface area contributed by atoms with Gasteiger partial charge in [0.25, 0.3) is 0 Å². The second kappa shape index (κ2) is 5.85. The highest BCUT2D eigenvalue weighted by molar-refractivity contribution is 5.71. The Kier molecular flexibility index (Phi) is 3.41. The van der Waals surface area contributed by atoms with Crippen molar-refractivity contribution in [2.45, 2.75) is 0 Å². The van der Waals surface area contributed by atoms with Crippen molar-refractivity contribution in [3.63, 3.8) is 0 Å². The Morgan fingerprint density at radius 1 is 0.652 bits per heavy atom. The number of hydrogen-bond donors (Lipinski definition) is 1. The zero-order valence-corrected chi connectivity index (χ0v) is 12.3. The van der Waals surface area contributed by atoms with Crippen LogP contribution in [0, 0.1) is 0 Å². The Hall–Kier alpha value is -3.27. The molecule has 3 aromatic heterocycles. The SMILES string of the molecule is c1ccc(-c2cc(-c3cc(-c4ccncc4)[nH]n3)ccn2)cc1. The van der Waals surface area contributed by atoms with Gasteiger partial charge in [0.05, 0.1) is 17.1 Å². The molecule has 1 N–H and O–H groups in total. The number of hydrogen-bond acceptors (Lipinski definition) is 3. The van der Waals surface area contributed by atoms with E-state index in [-0.39, 0.29) is 0 Å². The summed E-state index contributed by atoms with van der Waals surface area (Å²) >= 11 is 0. The Labute approximate surface area is 133 Å². The predicted molar refractivity (Wildman–Crippen MR) is 90.5 cm³/mol. The highest BCUT2D eigenvalue weighted by Crippen LogP contribution is 2.26. The number of aromatic nitrogens is 4. The van der Waals surface area contributed by atoms with Crippen LogP contribution in [-0.4, -0.2) is 20.2 Å². The van der Waals surface area contributed by atoms with Crippen molar-refractivity contribution < 1.29 is 0 Å². The van der Waals surface area contributed by atoms with Gasteiger partial charge in [0.2, 0.25) is 0 Å². The van der Waals surface area contributed by atoms with E-state index in [1.54, 1.807) is 12.4 Å². The molecule has 0 aliphatic rings. The largest absolute Gasteiger partial charge is 0.277 e. The van der Waals surface area contributed by atoms with Gasteiger partial charge >= 0.3 is 0 Å². The summed E-state index contributed by atoms with van der Waals surface area (Å²) in [5.41, 5.74) is 6.01. The molecule has 0 aliphatic heterocycles. The standard InChI is InChI=1S/C19H14N4/c1-2-4-14(5-3-1)17-12-16(8-11-21-17)19-13-18(22-23-19)15-6-9-20-10-7-15/h1-13H,(H,22,23). The van der Waals surface area contributed by atoms with Crippen molar-refractivity contribution in [3.8, 4) is 33.8 Å². The fourth-order valence-corrected chi connectivity index (χ4v) is 2.51. The fraction of sp³-hybridized carbons (Fsp3) is 0. The zero-order chi connectivity index (χ0) is 15.5. The average molecular weight is 298 g/mol.